The first-order valence-electron chi connectivity index (χ1n) is 9.85. The number of ether oxygens (including phenoxy) is 3. The number of hydrogen-bond acceptors (Lipinski definition) is 6. The van der Waals surface area contributed by atoms with Gasteiger partial charge in [0.15, 0.2) is 5.52 Å². The molecule has 0 spiro atoms. The van der Waals surface area contributed by atoms with Crippen molar-refractivity contribution in [3.8, 4) is 6.01 Å². The standard InChI is InChI=1S/C19H28N4O4/c1-22-18(24)16-11-20-17(14-7-9-26-10-8-14)23(16)21-19(22)27-15-5-3-13(4-6-15)12-25-2/h11,13-15H,3-10,12H2,1-2H3. The molecule has 0 bridgehead atoms. The molecule has 4 rings (SSSR count). The van der Waals surface area contributed by atoms with E-state index in [1.165, 1.54) is 4.57 Å². The van der Waals surface area contributed by atoms with E-state index in [1.54, 1.807) is 24.9 Å². The highest BCUT2D eigenvalue weighted by Crippen LogP contribution is 2.28. The lowest BCUT2D eigenvalue weighted by Gasteiger charge is -2.28. The van der Waals surface area contributed by atoms with Gasteiger partial charge in [-0.3, -0.25) is 9.36 Å². The third kappa shape index (κ3) is 3.73. The van der Waals surface area contributed by atoms with Gasteiger partial charge in [0.1, 0.15) is 11.9 Å². The zero-order chi connectivity index (χ0) is 18.8. The normalized spacial score (nSPS) is 24.4. The van der Waals surface area contributed by atoms with Crippen molar-refractivity contribution in [2.24, 2.45) is 13.0 Å². The number of aromatic nitrogens is 4. The third-order valence-electron chi connectivity index (χ3n) is 5.82. The Balaban J connectivity index is 1.57. The average Bonchev–Trinajstić information content (AvgIpc) is 3.12. The van der Waals surface area contributed by atoms with Gasteiger partial charge in [-0.05, 0) is 44.4 Å². The van der Waals surface area contributed by atoms with Gasteiger partial charge in [-0.1, -0.05) is 0 Å². The number of hydrogen-bond donors (Lipinski definition) is 0. The van der Waals surface area contributed by atoms with Crippen LogP contribution in [-0.2, 0) is 16.5 Å². The third-order valence-corrected chi connectivity index (χ3v) is 5.82. The first kappa shape index (κ1) is 18.4. The summed E-state index contributed by atoms with van der Waals surface area (Å²) in [5.41, 5.74) is 0.369. The predicted molar refractivity (Wildman–Crippen MR) is 99.3 cm³/mol. The Kier molecular flexibility index (Phi) is 5.45. The second kappa shape index (κ2) is 7.98. The van der Waals surface area contributed by atoms with Gasteiger partial charge in [0.25, 0.3) is 5.56 Å². The second-order valence-corrected chi connectivity index (χ2v) is 7.66. The van der Waals surface area contributed by atoms with Crippen LogP contribution in [0.4, 0.5) is 0 Å². The Morgan fingerprint density at radius 3 is 2.63 bits per heavy atom. The minimum Gasteiger partial charge on any atom is -0.460 e. The van der Waals surface area contributed by atoms with Crippen LogP contribution in [0.2, 0.25) is 0 Å². The highest BCUT2D eigenvalue weighted by molar-refractivity contribution is 5.43. The Morgan fingerprint density at radius 2 is 1.93 bits per heavy atom. The van der Waals surface area contributed by atoms with Crippen LogP contribution in [0.5, 0.6) is 6.01 Å². The first-order chi connectivity index (χ1) is 13.2. The van der Waals surface area contributed by atoms with E-state index >= 15 is 0 Å². The fraction of sp³-hybridized carbons (Fsp3) is 0.737. The van der Waals surface area contributed by atoms with E-state index in [0.29, 0.717) is 17.4 Å². The Labute approximate surface area is 158 Å². The van der Waals surface area contributed by atoms with Crippen molar-refractivity contribution < 1.29 is 14.2 Å². The van der Waals surface area contributed by atoms with Gasteiger partial charge in [0.2, 0.25) is 0 Å². The fourth-order valence-electron chi connectivity index (χ4n) is 4.16. The maximum Gasteiger partial charge on any atom is 0.317 e. The Hall–Kier alpha value is -1.93. The van der Waals surface area contributed by atoms with E-state index in [2.05, 4.69) is 10.1 Å². The molecule has 27 heavy (non-hydrogen) atoms. The van der Waals surface area contributed by atoms with E-state index in [0.717, 1.165) is 64.2 Å². The molecule has 8 heteroatoms. The van der Waals surface area contributed by atoms with Gasteiger partial charge in [-0.15, -0.1) is 5.10 Å². The lowest BCUT2D eigenvalue weighted by molar-refractivity contribution is 0.0750. The van der Waals surface area contributed by atoms with Crippen molar-refractivity contribution in [3.05, 3.63) is 22.4 Å². The summed E-state index contributed by atoms with van der Waals surface area (Å²) in [6.07, 6.45) is 7.58. The zero-order valence-corrected chi connectivity index (χ0v) is 16.1. The van der Waals surface area contributed by atoms with Gasteiger partial charge in [0, 0.05) is 39.9 Å². The minimum absolute atomic E-state index is 0.0868. The number of imidazole rings is 1. The van der Waals surface area contributed by atoms with Crippen LogP contribution < -0.4 is 10.3 Å². The van der Waals surface area contributed by atoms with Gasteiger partial charge in [-0.2, -0.15) is 0 Å². The molecule has 2 aromatic heterocycles. The smallest absolute Gasteiger partial charge is 0.317 e. The molecule has 3 heterocycles. The molecule has 0 atom stereocenters. The molecule has 0 unspecified atom stereocenters. The lowest BCUT2D eigenvalue weighted by Crippen LogP contribution is -2.30. The second-order valence-electron chi connectivity index (χ2n) is 7.66. The van der Waals surface area contributed by atoms with Crippen molar-refractivity contribution in [1.82, 2.24) is 19.2 Å². The van der Waals surface area contributed by atoms with E-state index < -0.39 is 0 Å². The van der Waals surface area contributed by atoms with Gasteiger partial charge < -0.3 is 14.2 Å². The molecule has 0 amide bonds. The van der Waals surface area contributed by atoms with Crippen LogP contribution in [0, 0.1) is 5.92 Å². The fourth-order valence-corrected chi connectivity index (χ4v) is 4.16. The maximum atomic E-state index is 12.8. The summed E-state index contributed by atoms with van der Waals surface area (Å²) in [6, 6.07) is 0.369. The monoisotopic (exact) mass is 376 g/mol. The average molecular weight is 376 g/mol. The van der Waals surface area contributed by atoms with Crippen LogP contribution >= 0.6 is 0 Å². The van der Waals surface area contributed by atoms with Crippen LogP contribution in [0.3, 0.4) is 0 Å². The number of fused-ring (bicyclic) bond motifs is 1. The van der Waals surface area contributed by atoms with Crippen LogP contribution in [-0.4, -0.2) is 52.2 Å². The first-order valence-corrected chi connectivity index (χ1v) is 9.85. The summed E-state index contributed by atoms with van der Waals surface area (Å²) in [4.78, 5) is 17.3. The molecule has 1 saturated carbocycles. The Bertz CT molecular complexity index is 832. The number of nitrogens with zero attached hydrogens (tertiary/aromatic N) is 4. The van der Waals surface area contributed by atoms with Crippen LogP contribution in [0.1, 0.15) is 50.3 Å². The molecule has 148 valence electrons. The summed E-state index contributed by atoms with van der Waals surface area (Å²) in [5, 5.41) is 4.65. The number of methoxy groups -OCH3 is 1. The van der Waals surface area contributed by atoms with Crippen molar-refractivity contribution >= 4 is 5.52 Å². The lowest BCUT2D eigenvalue weighted by atomic mass is 9.88. The van der Waals surface area contributed by atoms with E-state index in [4.69, 9.17) is 14.2 Å². The zero-order valence-electron chi connectivity index (χ0n) is 16.1. The summed E-state index contributed by atoms with van der Waals surface area (Å²) in [7, 11) is 3.46. The van der Waals surface area contributed by atoms with Crippen molar-refractivity contribution in [1.29, 1.82) is 0 Å². The van der Waals surface area contributed by atoms with E-state index in [9.17, 15) is 4.79 Å². The van der Waals surface area contributed by atoms with Gasteiger partial charge in [0.05, 0.1) is 6.20 Å². The molecular formula is C19H28N4O4. The van der Waals surface area contributed by atoms with Crippen molar-refractivity contribution in [2.75, 3.05) is 26.9 Å². The molecule has 2 fully saturated rings. The molecule has 1 aliphatic carbocycles. The summed E-state index contributed by atoms with van der Waals surface area (Å²) in [6.45, 7) is 2.25. The van der Waals surface area contributed by atoms with Crippen molar-refractivity contribution in [3.63, 3.8) is 0 Å². The molecule has 8 nitrogen and oxygen atoms in total. The topological polar surface area (TPSA) is 79.9 Å². The molecule has 2 aliphatic rings. The summed E-state index contributed by atoms with van der Waals surface area (Å²) in [5.74, 6) is 1.70. The van der Waals surface area contributed by atoms with Crippen molar-refractivity contribution in [2.45, 2.75) is 50.5 Å². The van der Waals surface area contributed by atoms with Crippen LogP contribution in [0.15, 0.2) is 11.0 Å². The van der Waals surface area contributed by atoms with Gasteiger partial charge in [-0.25, -0.2) is 9.50 Å². The molecule has 0 radical (unpaired) electrons. The summed E-state index contributed by atoms with van der Waals surface area (Å²) < 4.78 is 20.0. The predicted octanol–water partition coefficient (Wildman–Crippen LogP) is 1.91. The highest BCUT2D eigenvalue weighted by atomic mass is 16.5. The minimum atomic E-state index is -0.126. The number of rotatable bonds is 5. The molecule has 0 N–H and O–H groups in total. The largest absolute Gasteiger partial charge is 0.460 e. The van der Waals surface area contributed by atoms with Crippen LogP contribution in [0.25, 0.3) is 5.52 Å². The quantitative estimate of drug-likeness (QED) is 0.793. The molecule has 1 aliphatic heterocycles. The molecule has 0 aromatic carbocycles. The van der Waals surface area contributed by atoms with E-state index in [-0.39, 0.29) is 17.6 Å². The highest BCUT2D eigenvalue weighted by Gasteiger charge is 2.26. The van der Waals surface area contributed by atoms with E-state index in [1.807, 2.05) is 0 Å². The Morgan fingerprint density at radius 1 is 1.19 bits per heavy atom. The summed E-state index contributed by atoms with van der Waals surface area (Å²) >= 11 is 0. The molecule has 1 saturated heterocycles. The molecule has 2 aromatic rings. The van der Waals surface area contributed by atoms with Gasteiger partial charge >= 0.3 is 6.01 Å². The maximum absolute atomic E-state index is 12.8. The molecular weight excluding hydrogens is 348 g/mol. The SMILES string of the molecule is COCC1CCC(Oc2nn3c(C4CCOCC4)ncc3c(=O)n2C)CC1.